The van der Waals surface area contributed by atoms with Gasteiger partial charge in [0.1, 0.15) is 22.4 Å². The number of nitriles is 1. The first-order chi connectivity index (χ1) is 17.6. The van der Waals surface area contributed by atoms with E-state index in [4.69, 9.17) is 9.72 Å². The molecule has 36 heavy (non-hydrogen) atoms. The fraction of sp³-hybridized carbons (Fsp3) is 0.185. The van der Waals surface area contributed by atoms with Crippen LogP contribution in [0.15, 0.2) is 60.7 Å². The van der Waals surface area contributed by atoms with Crippen molar-refractivity contribution >= 4 is 33.2 Å². The number of hydrogen-bond acceptors (Lipinski definition) is 7. The summed E-state index contributed by atoms with van der Waals surface area (Å²) in [7, 11) is 0. The van der Waals surface area contributed by atoms with Crippen molar-refractivity contribution in [3.8, 4) is 33.8 Å². The Morgan fingerprint density at radius 1 is 1.11 bits per heavy atom. The predicted molar refractivity (Wildman–Crippen MR) is 138 cm³/mol. The van der Waals surface area contributed by atoms with E-state index < -0.39 is 0 Å². The molecule has 0 atom stereocenters. The highest BCUT2D eigenvalue weighted by molar-refractivity contribution is 7.18. The van der Waals surface area contributed by atoms with Crippen molar-refractivity contribution in [1.82, 2.24) is 19.7 Å². The number of anilines is 2. The monoisotopic (exact) mass is 496 g/mol. The second kappa shape index (κ2) is 9.06. The van der Waals surface area contributed by atoms with Gasteiger partial charge in [-0.15, -0.1) is 10.2 Å². The maximum absolute atomic E-state index is 13.5. The van der Waals surface area contributed by atoms with Gasteiger partial charge in [-0.1, -0.05) is 23.5 Å². The van der Waals surface area contributed by atoms with E-state index in [0.717, 1.165) is 46.5 Å². The quantitative estimate of drug-likeness (QED) is 0.269. The third kappa shape index (κ3) is 4.16. The summed E-state index contributed by atoms with van der Waals surface area (Å²) in [6, 6.07) is 20.2. The lowest BCUT2D eigenvalue weighted by molar-refractivity contribution is 0.342. The molecule has 2 heterocycles. The molecule has 0 bridgehead atoms. The molecule has 0 amide bonds. The molecule has 178 valence electrons. The summed E-state index contributed by atoms with van der Waals surface area (Å²) in [5.74, 6) is 1.25. The number of nitrogens with zero attached hydrogens (tertiary/aromatic N) is 5. The molecule has 3 aromatic carbocycles. The molecule has 0 aliphatic heterocycles. The molecular weight excluding hydrogens is 475 g/mol. The Kier molecular flexibility index (Phi) is 5.58. The molecule has 0 spiro atoms. The van der Waals surface area contributed by atoms with Crippen molar-refractivity contribution in [2.24, 2.45) is 0 Å². The van der Waals surface area contributed by atoms with Crippen LogP contribution in [0.3, 0.4) is 0 Å². The number of imidazole rings is 1. The fourth-order valence-corrected chi connectivity index (χ4v) is 4.98. The number of benzene rings is 3. The summed E-state index contributed by atoms with van der Waals surface area (Å²) in [5.41, 5.74) is 4.83. The van der Waals surface area contributed by atoms with Gasteiger partial charge in [-0.2, -0.15) is 5.26 Å². The summed E-state index contributed by atoms with van der Waals surface area (Å²) in [6.07, 6.45) is 2.17. The molecule has 6 rings (SSSR count). The SMILES string of the molecule is CCOc1cc2c(cc1Nc1nnc(-c3cccc(C#N)c3)s1)nc(-c1ccc(F)cc1)n2C1CC1. The maximum Gasteiger partial charge on any atom is 0.210 e. The van der Waals surface area contributed by atoms with E-state index in [0.29, 0.717) is 34.1 Å². The topological polar surface area (TPSA) is 88.7 Å². The van der Waals surface area contributed by atoms with Crippen molar-refractivity contribution in [3.05, 3.63) is 72.0 Å². The molecule has 1 N–H and O–H groups in total. The van der Waals surface area contributed by atoms with E-state index in [-0.39, 0.29) is 5.82 Å². The maximum atomic E-state index is 13.5. The number of halogens is 1. The Hall–Kier alpha value is -4.29. The zero-order chi connectivity index (χ0) is 24.6. The van der Waals surface area contributed by atoms with E-state index >= 15 is 0 Å². The third-order valence-corrected chi connectivity index (χ3v) is 6.90. The molecular formula is C27H21FN6OS. The Bertz CT molecular complexity index is 1610. The van der Waals surface area contributed by atoms with Gasteiger partial charge >= 0.3 is 0 Å². The largest absolute Gasteiger partial charge is 0.492 e. The standard InChI is InChI=1S/C27H21FN6OS/c1-2-35-24-14-23-21(30-25(34(23)20-10-11-20)17-6-8-19(28)9-7-17)13-22(24)31-27-33-32-26(36-27)18-5-3-4-16(12-18)15-29/h3-9,12-14,20H,2,10-11H2,1H3,(H,31,33). The van der Waals surface area contributed by atoms with E-state index in [9.17, 15) is 9.65 Å². The zero-order valence-corrected chi connectivity index (χ0v) is 20.2. The molecule has 1 aliphatic carbocycles. The number of fused-ring (bicyclic) bond motifs is 1. The Labute approximate surface area is 210 Å². The Morgan fingerprint density at radius 2 is 1.94 bits per heavy atom. The van der Waals surface area contributed by atoms with Crippen LogP contribution in [-0.2, 0) is 0 Å². The van der Waals surface area contributed by atoms with Crippen molar-refractivity contribution in [3.63, 3.8) is 0 Å². The van der Waals surface area contributed by atoms with E-state index in [1.807, 2.05) is 31.2 Å². The molecule has 0 radical (unpaired) electrons. The van der Waals surface area contributed by atoms with Crippen LogP contribution in [0.5, 0.6) is 5.75 Å². The molecule has 5 aromatic rings. The van der Waals surface area contributed by atoms with Crippen molar-refractivity contribution in [2.75, 3.05) is 11.9 Å². The predicted octanol–water partition coefficient (Wildman–Crippen LogP) is 6.71. The first-order valence-electron chi connectivity index (χ1n) is 11.7. The third-order valence-electron chi connectivity index (χ3n) is 6.01. The van der Waals surface area contributed by atoms with Crippen LogP contribution < -0.4 is 10.1 Å². The Morgan fingerprint density at radius 3 is 2.69 bits per heavy atom. The first-order valence-corrected chi connectivity index (χ1v) is 12.5. The van der Waals surface area contributed by atoms with Crippen LogP contribution in [0.25, 0.3) is 33.0 Å². The van der Waals surface area contributed by atoms with Gasteiger partial charge in [0.2, 0.25) is 5.13 Å². The molecule has 0 saturated heterocycles. The van der Waals surface area contributed by atoms with Crippen LogP contribution in [-0.4, -0.2) is 26.4 Å². The van der Waals surface area contributed by atoms with Crippen molar-refractivity contribution in [2.45, 2.75) is 25.8 Å². The van der Waals surface area contributed by atoms with Gasteiger partial charge in [0, 0.05) is 23.2 Å². The van der Waals surface area contributed by atoms with Crippen molar-refractivity contribution in [1.29, 1.82) is 5.26 Å². The van der Waals surface area contributed by atoms with Crippen LogP contribution in [0.2, 0.25) is 0 Å². The molecule has 9 heteroatoms. The fourth-order valence-electron chi connectivity index (χ4n) is 4.23. The molecule has 2 aromatic heterocycles. The van der Waals surface area contributed by atoms with Gasteiger partial charge in [0.25, 0.3) is 0 Å². The lowest BCUT2D eigenvalue weighted by Crippen LogP contribution is -2.00. The van der Waals surface area contributed by atoms with Gasteiger partial charge < -0.3 is 14.6 Å². The lowest BCUT2D eigenvalue weighted by Gasteiger charge is -2.12. The lowest BCUT2D eigenvalue weighted by atomic mass is 10.1. The van der Waals surface area contributed by atoms with E-state index in [1.54, 1.807) is 24.3 Å². The average molecular weight is 497 g/mol. The normalized spacial score (nSPS) is 13.0. The van der Waals surface area contributed by atoms with Gasteiger partial charge in [-0.3, -0.25) is 0 Å². The highest BCUT2D eigenvalue weighted by Gasteiger charge is 2.29. The second-order valence-corrected chi connectivity index (χ2v) is 9.52. The summed E-state index contributed by atoms with van der Waals surface area (Å²) in [6.45, 7) is 2.45. The van der Waals surface area contributed by atoms with E-state index in [2.05, 4.69) is 26.2 Å². The minimum Gasteiger partial charge on any atom is -0.492 e. The van der Waals surface area contributed by atoms with Gasteiger partial charge in [0.15, 0.2) is 0 Å². The van der Waals surface area contributed by atoms with Crippen molar-refractivity contribution < 1.29 is 9.13 Å². The number of rotatable bonds is 7. The highest BCUT2D eigenvalue weighted by Crippen LogP contribution is 2.44. The van der Waals surface area contributed by atoms with Gasteiger partial charge in [0.05, 0.1) is 35.0 Å². The minimum absolute atomic E-state index is 0.270. The van der Waals surface area contributed by atoms with Crippen LogP contribution >= 0.6 is 11.3 Å². The molecule has 1 fully saturated rings. The molecule has 1 aliphatic rings. The van der Waals surface area contributed by atoms with Crippen LogP contribution in [0.1, 0.15) is 31.4 Å². The van der Waals surface area contributed by atoms with Crippen LogP contribution in [0.4, 0.5) is 15.2 Å². The average Bonchev–Trinajstić information content (AvgIpc) is 3.51. The zero-order valence-electron chi connectivity index (χ0n) is 19.4. The number of nitrogens with one attached hydrogen (secondary N) is 1. The smallest absolute Gasteiger partial charge is 0.210 e. The first kappa shape index (κ1) is 22.2. The highest BCUT2D eigenvalue weighted by atomic mass is 32.1. The summed E-state index contributed by atoms with van der Waals surface area (Å²) in [5, 5.41) is 22.4. The molecule has 1 saturated carbocycles. The summed E-state index contributed by atoms with van der Waals surface area (Å²) < 4.78 is 21.8. The van der Waals surface area contributed by atoms with Crippen LogP contribution in [0, 0.1) is 17.1 Å². The number of hydrogen-bond donors (Lipinski definition) is 1. The Balaban J connectivity index is 1.40. The van der Waals surface area contributed by atoms with Gasteiger partial charge in [-0.25, -0.2) is 9.37 Å². The molecule has 0 unspecified atom stereocenters. The van der Waals surface area contributed by atoms with Gasteiger partial charge in [-0.05, 0) is 62.2 Å². The molecule has 7 nitrogen and oxygen atoms in total. The summed E-state index contributed by atoms with van der Waals surface area (Å²) in [4.78, 5) is 4.93. The second-order valence-electron chi connectivity index (χ2n) is 8.54. The number of ether oxygens (including phenoxy) is 1. The van der Waals surface area contributed by atoms with E-state index in [1.165, 1.54) is 23.5 Å². The number of aromatic nitrogens is 4. The minimum atomic E-state index is -0.270. The summed E-state index contributed by atoms with van der Waals surface area (Å²) >= 11 is 1.39.